The summed E-state index contributed by atoms with van der Waals surface area (Å²) in [5, 5.41) is 10.6. The monoisotopic (exact) mass is 290 g/mol. The topological polar surface area (TPSA) is 20.2 Å². The van der Waals surface area contributed by atoms with Gasteiger partial charge in [-0.15, -0.1) is 0 Å². The predicted octanol–water partition coefficient (Wildman–Crippen LogP) is 5.03. The summed E-state index contributed by atoms with van der Waals surface area (Å²) in [6.45, 7) is 12.6. The SMILES string of the molecule is CC1(C)CCC2(C)CC3C(CCC4(C)C(O)CCC34C)C12. The molecule has 1 nitrogen and oxygen atoms in total. The highest BCUT2D eigenvalue weighted by Gasteiger charge is 2.69. The molecule has 0 spiro atoms. The molecule has 120 valence electrons. The molecule has 0 radical (unpaired) electrons. The van der Waals surface area contributed by atoms with E-state index < -0.39 is 0 Å². The quantitative estimate of drug-likeness (QED) is 0.663. The molecule has 0 heterocycles. The summed E-state index contributed by atoms with van der Waals surface area (Å²) in [4.78, 5) is 0. The molecule has 4 aliphatic carbocycles. The highest BCUT2D eigenvalue weighted by Crippen LogP contribution is 2.75. The van der Waals surface area contributed by atoms with Crippen LogP contribution in [0.1, 0.15) is 79.6 Å². The zero-order valence-corrected chi connectivity index (χ0v) is 14.7. The number of fused-ring (bicyclic) bond motifs is 5. The lowest BCUT2D eigenvalue weighted by molar-refractivity contribution is -0.0958. The molecule has 0 aromatic heterocycles. The average Bonchev–Trinajstić information content (AvgIpc) is 2.93. The first-order chi connectivity index (χ1) is 9.64. The van der Waals surface area contributed by atoms with E-state index in [1.54, 1.807) is 0 Å². The van der Waals surface area contributed by atoms with Crippen molar-refractivity contribution in [1.82, 2.24) is 0 Å². The van der Waals surface area contributed by atoms with Gasteiger partial charge in [0.2, 0.25) is 0 Å². The largest absolute Gasteiger partial charge is 0.393 e. The lowest BCUT2D eigenvalue weighted by atomic mass is 9.50. The van der Waals surface area contributed by atoms with E-state index in [1.165, 1.54) is 38.5 Å². The van der Waals surface area contributed by atoms with Crippen molar-refractivity contribution in [1.29, 1.82) is 0 Å². The molecule has 0 bridgehead atoms. The van der Waals surface area contributed by atoms with E-state index in [4.69, 9.17) is 0 Å². The molecule has 0 aromatic rings. The molecule has 7 atom stereocenters. The standard InChI is InChI=1S/C20H34O/c1-17(2)10-11-18(3)12-14-13(16(17)18)6-8-20(5)15(21)7-9-19(14,20)4/h13-16,21H,6-12H2,1-5H3. The maximum absolute atomic E-state index is 10.6. The average molecular weight is 290 g/mol. The highest BCUT2D eigenvalue weighted by molar-refractivity contribution is 5.18. The fourth-order valence-electron chi connectivity index (χ4n) is 8.09. The van der Waals surface area contributed by atoms with Crippen molar-refractivity contribution in [3.63, 3.8) is 0 Å². The summed E-state index contributed by atoms with van der Waals surface area (Å²) in [6, 6.07) is 0. The Morgan fingerprint density at radius 3 is 2.19 bits per heavy atom. The van der Waals surface area contributed by atoms with Gasteiger partial charge >= 0.3 is 0 Å². The molecule has 4 aliphatic rings. The van der Waals surface area contributed by atoms with Gasteiger partial charge in [-0.05, 0) is 84.4 Å². The van der Waals surface area contributed by atoms with E-state index in [0.717, 1.165) is 24.2 Å². The second-order valence-electron chi connectivity index (χ2n) is 10.5. The summed E-state index contributed by atoms with van der Waals surface area (Å²) in [7, 11) is 0. The van der Waals surface area contributed by atoms with E-state index >= 15 is 0 Å². The van der Waals surface area contributed by atoms with Crippen molar-refractivity contribution < 1.29 is 5.11 Å². The maximum Gasteiger partial charge on any atom is 0.0599 e. The molecular formula is C20H34O. The Morgan fingerprint density at radius 1 is 0.810 bits per heavy atom. The van der Waals surface area contributed by atoms with Crippen LogP contribution in [-0.4, -0.2) is 11.2 Å². The first kappa shape index (κ1) is 14.5. The van der Waals surface area contributed by atoms with Gasteiger partial charge in [0.05, 0.1) is 6.10 Å². The van der Waals surface area contributed by atoms with Crippen LogP contribution in [0.5, 0.6) is 0 Å². The van der Waals surface area contributed by atoms with Gasteiger partial charge in [-0.2, -0.15) is 0 Å². The molecule has 21 heavy (non-hydrogen) atoms. The Morgan fingerprint density at radius 2 is 1.48 bits per heavy atom. The molecule has 0 aromatic carbocycles. The number of aliphatic hydroxyl groups is 1. The maximum atomic E-state index is 10.6. The van der Waals surface area contributed by atoms with Crippen molar-refractivity contribution in [3.05, 3.63) is 0 Å². The minimum atomic E-state index is -0.0512. The number of aliphatic hydroxyl groups excluding tert-OH is 1. The molecule has 0 aliphatic heterocycles. The van der Waals surface area contributed by atoms with Crippen molar-refractivity contribution >= 4 is 0 Å². The number of hydrogen-bond donors (Lipinski definition) is 1. The van der Waals surface area contributed by atoms with Crippen LogP contribution in [0.3, 0.4) is 0 Å². The van der Waals surface area contributed by atoms with Crippen LogP contribution in [0, 0.1) is 39.4 Å². The third-order valence-electron chi connectivity index (χ3n) is 9.36. The normalized spacial score (nSPS) is 61.4. The Labute approximate surface area is 130 Å². The zero-order chi connectivity index (χ0) is 15.3. The zero-order valence-electron chi connectivity index (χ0n) is 14.7. The van der Waals surface area contributed by atoms with Crippen molar-refractivity contribution in [2.45, 2.75) is 85.7 Å². The van der Waals surface area contributed by atoms with Gasteiger partial charge in [0.15, 0.2) is 0 Å². The van der Waals surface area contributed by atoms with Crippen LogP contribution in [-0.2, 0) is 0 Å². The summed E-state index contributed by atoms with van der Waals surface area (Å²) in [5.41, 5.74) is 1.70. The second kappa shape index (κ2) is 3.89. The van der Waals surface area contributed by atoms with Gasteiger partial charge in [-0.1, -0.05) is 34.6 Å². The van der Waals surface area contributed by atoms with Crippen LogP contribution >= 0.6 is 0 Å². The summed E-state index contributed by atoms with van der Waals surface area (Å²) in [6.07, 6.45) is 9.18. The molecule has 1 N–H and O–H groups in total. The molecular weight excluding hydrogens is 256 g/mol. The van der Waals surface area contributed by atoms with E-state index in [0.29, 0.717) is 16.2 Å². The fourth-order valence-corrected chi connectivity index (χ4v) is 8.09. The van der Waals surface area contributed by atoms with Crippen molar-refractivity contribution in [2.75, 3.05) is 0 Å². The third-order valence-corrected chi connectivity index (χ3v) is 9.36. The predicted molar refractivity (Wildman–Crippen MR) is 86.9 cm³/mol. The smallest absolute Gasteiger partial charge is 0.0599 e. The molecule has 0 saturated heterocycles. The summed E-state index contributed by atoms with van der Waals surface area (Å²) in [5.74, 6) is 2.72. The van der Waals surface area contributed by atoms with E-state index in [9.17, 15) is 5.11 Å². The Hall–Kier alpha value is -0.0400. The second-order valence-corrected chi connectivity index (χ2v) is 10.5. The van der Waals surface area contributed by atoms with Gasteiger partial charge in [-0.25, -0.2) is 0 Å². The minimum Gasteiger partial charge on any atom is -0.393 e. The van der Waals surface area contributed by atoms with Gasteiger partial charge in [0.25, 0.3) is 0 Å². The molecule has 1 heteroatoms. The molecule has 4 saturated carbocycles. The fraction of sp³-hybridized carbons (Fsp3) is 1.00. The Bertz CT molecular complexity index is 468. The van der Waals surface area contributed by atoms with Gasteiger partial charge in [-0.3, -0.25) is 0 Å². The van der Waals surface area contributed by atoms with Crippen LogP contribution in [0.25, 0.3) is 0 Å². The first-order valence-corrected chi connectivity index (χ1v) is 9.32. The van der Waals surface area contributed by atoms with E-state index in [1.807, 2.05) is 0 Å². The van der Waals surface area contributed by atoms with E-state index in [-0.39, 0.29) is 11.5 Å². The lowest BCUT2D eigenvalue weighted by Gasteiger charge is -2.55. The molecule has 4 rings (SSSR count). The molecule has 7 unspecified atom stereocenters. The lowest BCUT2D eigenvalue weighted by Crippen LogP contribution is -2.50. The van der Waals surface area contributed by atoms with Gasteiger partial charge in [0.1, 0.15) is 0 Å². The summed E-state index contributed by atoms with van der Waals surface area (Å²) >= 11 is 0. The van der Waals surface area contributed by atoms with E-state index in [2.05, 4.69) is 34.6 Å². The van der Waals surface area contributed by atoms with Gasteiger partial charge < -0.3 is 5.11 Å². The van der Waals surface area contributed by atoms with Crippen LogP contribution in [0.2, 0.25) is 0 Å². The van der Waals surface area contributed by atoms with Crippen molar-refractivity contribution in [2.24, 2.45) is 39.4 Å². The number of hydrogen-bond acceptors (Lipinski definition) is 1. The third kappa shape index (κ3) is 1.53. The van der Waals surface area contributed by atoms with Crippen LogP contribution in [0.4, 0.5) is 0 Å². The molecule has 0 amide bonds. The minimum absolute atomic E-state index is 0.0512. The molecule has 4 fully saturated rings. The van der Waals surface area contributed by atoms with Crippen LogP contribution < -0.4 is 0 Å². The Balaban J connectivity index is 1.76. The number of rotatable bonds is 0. The summed E-state index contributed by atoms with van der Waals surface area (Å²) < 4.78 is 0. The van der Waals surface area contributed by atoms with Gasteiger partial charge in [0, 0.05) is 0 Å². The Kier molecular flexibility index (Phi) is 2.69. The highest BCUT2D eigenvalue weighted by atomic mass is 16.3. The van der Waals surface area contributed by atoms with Crippen LogP contribution in [0.15, 0.2) is 0 Å². The van der Waals surface area contributed by atoms with Crippen molar-refractivity contribution in [3.8, 4) is 0 Å². The first-order valence-electron chi connectivity index (χ1n) is 9.32.